The van der Waals surface area contributed by atoms with E-state index in [0.717, 1.165) is 7.05 Å². The van der Waals surface area contributed by atoms with Crippen molar-refractivity contribution < 1.29 is 28.0 Å². The summed E-state index contributed by atoms with van der Waals surface area (Å²) >= 11 is 0. The predicted molar refractivity (Wildman–Crippen MR) is 75.2 cm³/mol. The average molecular weight is 331 g/mol. The number of hydrogen-bond acceptors (Lipinski definition) is 6. The number of pyridine rings is 1. The van der Waals surface area contributed by atoms with E-state index in [9.17, 15) is 23.4 Å². The van der Waals surface area contributed by atoms with Crippen molar-refractivity contribution in [2.45, 2.75) is 30.7 Å². The first-order valence-corrected chi connectivity index (χ1v) is 7.90. The summed E-state index contributed by atoms with van der Waals surface area (Å²) in [6, 6.07) is 2.84. The molecule has 4 atom stereocenters. The van der Waals surface area contributed by atoms with Crippen molar-refractivity contribution in [2.75, 3.05) is 7.05 Å². The quantitative estimate of drug-likeness (QED) is 0.488. The lowest BCUT2D eigenvalue weighted by molar-refractivity contribution is 0.00970. The number of nitrogens with zero attached hydrogens (tertiary/aromatic N) is 2. The summed E-state index contributed by atoms with van der Waals surface area (Å²) in [7, 11) is -3.43. The minimum atomic E-state index is -4.51. The molecule has 1 aromatic heterocycles. The minimum absolute atomic E-state index is 0.0444. The van der Waals surface area contributed by atoms with Crippen LogP contribution in [0.15, 0.2) is 24.4 Å². The highest BCUT2D eigenvalue weighted by atomic mass is 32.2. The maximum Gasteiger partial charge on any atom is 0.335 e. The first kappa shape index (κ1) is 16.8. The molecule has 1 aliphatic carbocycles. The number of aliphatic hydroxyl groups is 2. The van der Waals surface area contributed by atoms with Crippen LogP contribution in [0.2, 0.25) is 0 Å². The number of rotatable bonds is 4. The normalized spacial score (nSPS) is 28.8. The van der Waals surface area contributed by atoms with Crippen LogP contribution >= 0.6 is 0 Å². The van der Waals surface area contributed by atoms with Crippen molar-refractivity contribution in [3.05, 3.63) is 30.1 Å². The summed E-state index contributed by atoms with van der Waals surface area (Å²) < 4.78 is 31.8. The van der Waals surface area contributed by atoms with E-state index in [0.29, 0.717) is 4.31 Å². The molecule has 0 spiro atoms. The van der Waals surface area contributed by atoms with Gasteiger partial charge in [0.15, 0.2) is 0 Å². The molecule has 0 saturated heterocycles. The van der Waals surface area contributed by atoms with Crippen molar-refractivity contribution in [3.63, 3.8) is 0 Å². The highest BCUT2D eigenvalue weighted by Gasteiger charge is 2.46. The van der Waals surface area contributed by atoms with E-state index >= 15 is 0 Å². The van der Waals surface area contributed by atoms with E-state index in [1.807, 2.05) is 0 Å². The Kier molecular flexibility index (Phi) is 4.78. The van der Waals surface area contributed by atoms with Gasteiger partial charge in [-0.3, -0.25) is 14.3 Å². The Bertz CT molecular complexity index is 638. The lowest BCUT2D eigenvalue weighted by atomic mass is 10.2. The molecule has 1 amide bonds. The van der Waals surface area contributed by atoms with Gasteiger partial charge < -0.3 is 15.5 Å². The lowest BCUT2D eigenvalue weighted by Crippen LogP contribution is -2.45. The lowest BCUT2D eigenvalue weighted by Gasteiger charge is -2.23. The molecule has 1 heterocycles. The number of hydrogen-bond donors (Lipinski definition) is 4. The van der Waals surface area contributed by atoms with Crippen LogP contribution in [0.5, 0.6) is 0 Å². The standard InChI is InChI=1S/C12H17N3O6S/c1-15(22(19,20)21)9-6-8(10(16)11(9)17)14-12(18)7-4-2-3-5-13-7/h2-5,8-11,16-17H,6H2,1H3,(H,14,18)(H,19,20,21)/t8-,9-,10+,11-/m1/s1. The van der Waals surface area contributed by atoms with Crippen LogP contribution in [0.4, 0.5) is 0 Å². The number of aromatic nitrogens is 1. The Balaban J connectivity index is 2.09. The third-order valence-corrected chi connectivity index (χ3v) is 4.70. The fraction of sp³-hybridized carbons (Fsp3) is 0.500. The van der Waals surface area contributed by atoms with E-state index < -0.39 is 40.5 Å². The molecule has 2 rings (SSSR count). The van der Waals surface area contributed by atoms with E-state index in [4.69, 9.17) is 4.55 Å². The summed E-state index contributed by atoms with van der Waals surface area (Å²) in [5.74, 6) is -0.549. The highest BCUT2D eigenvalue weighted by molar-refractivity contribution is 7.83. The molecule has 1 saturated carbocycles. The third kappa shape index (κ3) is 3.42. The zero-order valence-electron chi connectivity index (χ0n) is 11.7. The molecule has 122 valence electrons. The van der Waals surface area contributed by atoms with Crippen LogP contribution in [0.25, 0.3) is 0 Å². The van der Waals surface area contributed by atoms with Gasteiger partial charge in [0.1, 0.15) is 11.8 Å². The van der Waals surface area contributed by atoms with Gasteiger partial charge in [0.2, 0.25) is 0 Å². The number of aliphatic hydroxyl groups excluding tert-OH is 2. The van der Waals surface area contributed by atoms with E-state index in [-0.39, 0.29) is 12.1 Å². The van der Waals surface area contributed by atoms with Gasteiger partial charge in [-0.25, -0.2) is 0 Å². The molecule has 10 heteroatoms. The zero-order chi connectivity index (χ0) is 16.5. The van der Waals surface area contributed by atoms with Gasteiger partial charge in [-0.05, 0) is 18.6 Å². The first-order chi connectivity index (χ1) is 10.2. The predicted octanol–water partition coefficient (Wildman–Crippen LogP) is -1.59. The fourth-order valence-electron chi connectivity index (χ4n) is 2.42. The summed E-state index contributed by atoms with van der Waals surface area (Å²) in [4.78, 5) is 15.8. The van der Waals surface area contributed by atoms with Crippen molar-refractivity contribution in [1.82, 2.24) is 14.6 Å². The number of carbonyl (C=O) groups is 1. The minimum Gasteiger partial charge on any atom is -0.389 e. The van der Waals surface area contributed by atoms with Crippen LogP contribution in [0, 0.1) is 0 Å². The molecule has 1 fully saturated rings. The molecule has 0 radical (unpaired) electrons. The molecule has 9 nitrogen and oxygen atoms in total. The van der Waals surface area contributed by atoms with Crippen LogP contribution in [0.1, 0.15) is 16.9 Å². The molecule has 0 aliphatic heterocycles. The Morgan fingerprint density at radius 1 is 1.36 bits per heavy atom. The average Bonchev–Trinajstić information content (AvgIpc) is 2.74. The first-order valence-electron chi connectivity index (χ1n) is 6.50. The van der Waals surface area contributed by atoms with Gasteiger partial charge in [-0.1, -0.05) is 6.07 Å². The van der Waals surface area contributed by atoms with Gasteiger partial charge >= 0.3 is 10.3 Å². The van der Waals surface area contributed by atoms with Crippen molar-refractivity contribution >= 4 is 16.2 Å². The van der Waals surface area contributed by atoms with Crippen molar-refractivity contribution in [2.24, 2.45) is 0 Å². The summed E-state index contributed by atoms with van der Waals surface area (Å²) in [6.07, 6.45) is -1.40. The molecule has 1 aliphatic rings. The van der Waals surface area contributed by atoms with E-state index in [1.165, 1.54) is 12.3 Å². The van der Waals surface area contributed by atoms with Gasteiger partial charge in [-0.2, -0.15) is 12.7 Å². The van der Waals surface area contributed by atoms with Gasteiger partial charge in [0.25, 0.3) is 5.91 Å². The molecule has 0 aromatic carbocycles. The number of amides is 1. The fourth-order valence-corrected chi connectivity index (χ4v) is 2.98. The summed E-state index contributed by atoms with van der Waals surface area (Å²) in [5.41, 5.74) is 0.135. The SMILES string of the molecule is CN([C@@H]1C[C@@H](NC(=O)c2ccccn2)[C@H](O)[C@@H]1O)S(=O)(=O)O. The number of nitrogens with one attached hydrogen (secondary N) is 1. The molecule has 1 aromatic rings. The number of likely N-dealkylation sites (N-methyl/N-ethyl adjacent to an activating group) is 1. The maximum absolute atomic E-state index is 12.0. The second kappa shape index (κ2) is 6.26. The van der Waals surface area contributed by atoms with Crippen molar-refractivity contribution in [3.8, 4) is 0 Å². The highest BCUT2D eigenvalue weighted by Crippen LogP contribution is 2.26. The zero-order valence-corrected chi connectivity index (χ0v) is 12.5. The molecule has 0 bridgehead atoms. The largest absolute Gasteiger partial charge is 0.389 e. The van der Waals surface area contributed by atoms with Gasteiger partial charge in [-0.15, -0.1) is 0 Å². The smallest absolute Gasteiger partial charge is 0.335 e. The van der Waals surface area contributed by atoms with Gasteiger partial charge in [0, 0.05) is 13.2 Å². The Morgan fingerprint density at radius 2 is 2.05 bits per heavy atom. The maximum atomic E-state index is 12.0. The topological polar surface area (TPSA) is 140 Å². The van der Waals surface area contributed by atoms with Crippen LogP contribution < -0.4 is 5.32 Å². The van der Waals surface area contributed by atoms with Gasteiger partial charge in [0.05, 0.1) is 18.2 Å². The Hall–Kier alpha value is -1.59. The molecular formula is C12H17N3O6S. The van der Waals surface area contributed by atoms with Crippen LogP contribution in [-0.2, 0) is 10.3 Å². The molecule has 0 unspecified atom stereocenters. The van der Waals surface area contributed by atoms with E-state index in [2.05, 4.69) is 10.3 Å². The van der Waals surface area contributed by atoms with Crippen LogP contribution in [0.3, 0.4) is 0 Å². The summed E-state index contributed by atoms with van der Waals surface area (Å²) in [5, 5.41) is 22.4. The summed E-state index contributed by atoms with van der Waals surface area (Å²) in [6.45, 7) is 0. The molecule has 22 heavy (non-hydrogen) atoms. The second-order valence-corrected chi connectivity index (χ2v) is 6.54. The number of carbonyl (C=O) groups excluding carboxylic acids is 1. The Morgan fingerprint density at radius 3 is 2.59 bits per heavy atom. The third-order valence-electron chi connectivity index (χ3n) is 3.70. The molecular weight excluding hydrogens is 314 g/mol. The Labute approximate surface area is 127 Å². The molecule has 4 N–H and O–H groups in total. The van der Waals surface area contributed by atoms with Crippen LogP contribution in [-0.4, -0.2) is 69.7 Å². The monoisotopic (exact) mass is 331 g/mol. The van der Waals surface area contributed by atoms with E-state index in [1.54, 1.807) is 12.1 Å². The second-order valence-electron chi connectivity index (χ2n) is 5.07. The van der Waals surface area contributed by atoms with Crippen molar-refractivity contribution in [1.29, 1.82) is 0 Å².